The van der Waals surface area contributed by atoms with Crippen LogP contribution in [0.4, 0.5) is 28.7 Å². The van der Waals surface area contributed by atoms with Gasteiger partial charge in [-0.1, -0.05) is 12.1 Å². The van der Waals surface area contributed by atoms with E-state index >= 15 is 0 Å². The number of nitrogens with zero attached hydrogens (tertiary/aromatic N) is 2. The number of benzene rings is 2. The predicted molar refractivity (Wildman–Crippen MR) is 107 cm³/mol. The minimum absolute atomic E-state index is 0.440. The lowest BCUT2D eigenvalue weighted by molar-refractivity contribution is 0.416. The topological polar surface area (TPSA) is 85.1 Å². The van der Waals surface area contributed by atoms with E-state index in [1.54, 1.807) is 7.11 Å². The number of nitrogen functional groups attached to an aromatic ring is 1. The number of nitrogens with two attached hydrogens (primary N) is 1. The maximum Gasteiger partial charge on any atom is 0.159 e. The molecule has 0 bridgehead atoms. The van der Waals surface area contributed by atoms with Crippen LogP contribution in [-0.2, 0) is 0 Å². The number of ether oxygens (including phenoxy) is 1. The van der Waals surface area contributed by atoms with Crippen molar-refractivity contribution in [2.24, 2.45) is 0 Å². The van der Waals surface area contributed by atoms with E-state index in [0.717, 1.165) is 22.7 Å². The van der Waals surface area contributed by atoms with Crippen LogP contribution >= 0.6 is 0 Å². The van der Waals surface area contributed by atoms with Crippen LogP contribution in [0.15, 0.2) is 42.7 Å². The van der Waals surface area contributed by atoms with Gasteiger partial charge in [0.15, 0.2) is 11.6 Å². The third-order valence-corrected chi connectivity index (χ3v) is 3.98. The molecule has 6 heteroatoms. The first-order valence-corrected chi connectivity index (χ1v) is 8.33. The molecule has 4 N–H and O–H groups in total. The van der Waals surface area contributed by atoms with E-state index in [0.29, 0.717) is 17.3 Å². The molecular weight excluding hydrogens is 326 g/mol. The molecule has 3 rings (SSSR count). The van der Waals surface area contributed by atoms with Gasteiger partial charge in [-0.15, -0.1) is 0 Å². The van der Waals surface area contributed by atoms with Crippen LogP contribution in [0.1, 0.15) is 16.7 Å². The summed E-state index contributed by atoms with van der Waals surface area (Å²) in [5.74, 6) is 1.80. The summed E-state index contributed by atoms with van der Waals surface area (Å²) >= 11 is 0. The van der Waals surface area contributed by atoms with Gasteiger partial charge < -0.3 is 21.1 Å². The molecule has 0 saturated carbocycles. The van der Waals surface area contributed by atoms with Crippen molar-refractivity contribution in [2.45, 2.75) is 20.8 Å². The number of aryl methyl sites for hydroxylation is 3. The smallest absolute Gasteiger partial charge is 0.159 e. The van der Waals surface area contributed by atoms with E-state index in [1.165, 1.54) is 17.5 Å². The van der Waals surface area contributed by atoms with Crippen molar-refractivity contribution in [1.82, 2.24) is 9.97 Å². The second-order valence-electron chi connectivity index (χ2n) is 6.31. The molecule has 2 aromatic carbocycles. The molecule has 6 nitrogen and oxygen atoms in total. The van der Waals surface area contributed by atoms with Gasteiger partial charge in [0, 0.05) is 5.69 Å². The van der Waals surface area contributed by atoms with Crippen LogP contribution in [0.3, 0.4) is 0 Å². The fraction of sp³-hybridized carbons (Fsp3) is 0.200. The molecule has 0 aliphatic carbocycles. The molecule has 1 aromatic heterocycles. The van der Waals surface area contributed by atoms with Gasteiger partial charge in [0.1, 0.15) is 17.8 Å². The zero-order chi connectivity index (χ0) is 18.7. The van der Waals surface area contributed by atoms with Crippen molar-refractivity contribution in [3.63, 3.8) is 0 Å². The maximum atomic E-state index is 6.29. The molecule has 26 heavy (non-hydrogen) atoms. The largest absolute Gasteiger partial charge is 0.495 e. The molecule has 134 valence electrons. The average Bonchev–Trinajstić information content (AvgIpc) is 2.58. The predicted octanol–water partition coefficient (Wildman–Crippen LogP) is 4.48. The van der Waals surface area contributed by atoms with E-state index in [1.807, 2.05) is 37.3 Å². The number of anilines is 5. The highest BCUT2D eigenvalue weighted by atomic mass is 16.5. The summed E-state index contributed by atoms with van der Waals surface area (Å²) in [6.45, 7) is 6.12. The van der Waals surface area contributed by atoms with Gasteiger partial charge >= 0.3 is 0 Å². The van der Waals surface area contributed by atoms with Crippen molar-refractivity contribution in [1.29, 1.82) is 0 Å². The van der Waals surface area contributed by atoms with Crippen molar-refractivity contribution in [2.75, 3.05) is 23.5 Å². The van der Waals surface area contributed by atoms with Crippen LogP contribution in [0, 0.1) is 20.8 Å². The van der Waals surface area contributed by atoms with Crippen molar-refractivity contribution in [3.05, 3.63) is 59.4 Å². The van der Waals surface area contributed by atoms with E-state index in [-0.39, 0.29) is 0 Å². The maximum absolute atomic E-state index is 6.29. The van der Waals surface area contributed by atoms with Gasteiger partial charge in [-0.25, -0.2) is 9.97 Å². The van der Waals surface area contributed by atoms with Crippen LogP contribution in [-0.4, -0.2) is 17.1 Å². The zero-order valence-corrected chi connectivity index (χ0v) is 15.4. The number of hydrogen-bond donors (Lipinski definition) is 3. The monoisotopic (exact) mass is 349 g/mol. The first-order valence-electron chi connectivity index (χ1n) is 8.33. The highest BCUT2D eigenvalue weighted by Gasteiger charge is 2.11. The summed E-state index contributed by atoms with van der Waals surface area (Å²) < 4.78 is 5.40. The number of hydrogen-bond acceptors (Lipinski definition) is 6. The Labute approximate surface area is 153 Å². The number of methoxy groups -OCH3 is 1. The summed E-state index contributed by atoms with van der Waals surface area (Å²) in [6.07, 6.45) is 1.48. The fourth-order valence-electron chi connectivity index (χ4n) is 2.83. The Morgan fingerprint density at radius 2 is 1.50 bits per heavy atom. The first kappa shape index (κ1) is 17.5. The Kier molecular flexibility index (Phi) is 4.93. The Balaban J connectivity index is 1.91. The molecule has 0 radical (unpaired) electrons. The second kappa shape index (κ2) is 7.31. The lowest BCUT2D eigenvalue weighted by Gasteiger charge is -2.15. The third-order valence-electron chi connectivity index (χ3n) is 3.98. The minimum Gasteiger partial charge on any atom is -0.495 e. The minimum atomic E-state index is 0.440. The van der Waals surface area contributed by atoms with Crippen LogP contribution < -0.4 is 21.1 Å². The van der Waals surface area contributed by atoms with Crippen molar-refractivity contribution in [3.8, 4) is 5.75 Å². The second-order valence-corrected chi connectivity index (χ2v) is 6.31. The molecule has 0 saturated heterocycles. The first-order chi connectivity index (χ1) is 12.5. The average molecular weight is 349 g/mol. The van der Waals surface area contributed by atoms with Gasteiger partial charge in [-0.3, -0.25) is 0 Å². The Morgan fingerprint density at radius 3 is 2.15 bits per heavy atom. The molecule has 0 atom stereocenters. The van der Waals surface area contributed by atoms with Crippen LogP contribution in [0.5, 0.6) is 5.75 Å². The van der Waals surface area contributed by atoms with Gasteiger partial charge in [0.05, 0.1) is 12.8 Å². The standard InChI is InChI=1S/C20H23N5O/c1-12-5-6-17(26-4)16(10-12)25-20-18(21)19(22-11-23-20)24-15-8-13(2)7-14(3)9-15/h5-11H,21H2,1-4H3,(H2,22,23,24,25). The summed E-state index contributed by atoms with van der Waals surface area (Å²) in [5.41, 5.74) is 11.9. The van der Waals surface area contributed by atoms with E-state index < -0.39 is 0 Å². The van der Waals surface area contributed by atoms with Crippen molar-refractivity contribution < 1.29 is 4.74 Å². The molecule has 0 aliphatic rings. The number of nitrogens with one attached hydrogen (secondary N) is 2. The van der Waals surface area contributed by atoms with Gasteiger partial charge in [-0.05, 0) is 61.7 Å². The molecule has 0 aliphatic heterocycles. The molecule has 0 unspecified atom stereocenters. The molecule has 0 amide bonds. The van der Waals surface area contributed by atoms with Crippen LogP contribution in [0.25, 0.3) is 0 Å². The summed E-state index contributed by atoms with van der Waals surface area (Å²) in [6, 6.07) is 12.1. The van der Waals surface area contributed by atoms with E-state index in [2.05, 4.69) is 40.5 Å². The fourth-order valence-corrected chi connectivity index (χ4v) is 2.83. The summed E-state index contributed by atoms with van der Waals surface area (Å²) in [7, 11) is 1.63. The zero-order valence-electron chi connectivity index (χ0n) is 15.4. The Bertz CT molecular complexity index is 919. The Hall–Kier alpha value is -3.28. The van der Waals surface area contributed by atoms with Gasteiger partial charge in [0.2, 0.25) is 0 Å². The highest BCUT2D eigenvalue weighted by Crippen LogP contribution is 2.32. The van der Waals surface area contributed by atoms with E-state index in [4.69, 9.17) is 10.5 Å². The summed E-state index contributed by atoms with van der Waals surface area (Å²) in [5, 5.41) is 6.51. The van der Waals surface area contributed by atoms with E-state index in [9.17, 15) is 0 Å². The van der Waals surface area contributed by atoms with Gasteiger partial charge in [-0.2, -0.15) is 0 Å². The lowest BCUT2D eigenvalue weighted by atomic mass is 10.1. The molecule has 0 spiro atoms. The third kappa shape index (κ3) is 3.85. The summed E-state index contributed by atoms with van der Waals surface area (Å²) in [4.78, 5) is 8.55. The van der Waals surface area contributed by atoms with Crippen molar-refractivity contribution >= 4 is 28.7 Å². The SMILES string of the molecule is COc1ccc(C)cc1Nc1ncnc(Nc2cc(C)cc(C)c2)c1N. The highest BCUT2D eigenvalue weighted by molar-refractivity contribution is 5.81. The quantitative estimate of drug-likeness (QED) is 0.630. The molecule has 0 fully saturated rings. The van der Waals surface area contributed by atoms with Gasteiger partial charge in [0.25, 0.3) is 0 Å². The molecular formula is C20H23N5O. The molecule has 3 aromatic rings. The molecule has 1 heterocycles. The number of rotatable bonds is 5. The normalized spacial score (nSPS) is 10.5. The number of aromatic nitrogens is 2. The lowest BCUT2D eigenvalue weighted by Crippen LogP contribution is -2.06. The van der Waals surface area contributed by atoms with Crippen LogP contribution in [0.2, 0.25) is 0 Å². The Morgan fingerprint density at radius 1 is 0.846 bits per heavy atom.